The van der Waals surface area contributed by atoms with Crippen LogP contribution in [0.2, 0.25) is 0 Å². The number of aliphatic hydroxyl groups excluding tert-OH is 1. The monoisotopic (exact) mass is 338 g/mol. The number of hydrogen-bond acceptors (Lipinski definition) is 5. The lowest BCUT2D eigenvalue weighted by Gasteiger charge is -2.10. The number of aliphatic hydroxyl groups is 1. The summed E-state index contributed by atoms with van der Waals surface area (Å²) in [6, 6.07) is 8.38. The SMILES string of the molecule is Cc1ccc(C=CC(C)OCCOCCOCCOCCO)cc1. The summed E-state index contributed by atoms with van der Waals surface area (Å²) in [5, 5.41) is 8.53. The van der Waals surface area contributed by atoms with Crippen LogP contribution in [0.5, 0.6) is 0 Å². The summed E-state index contributed by atoms with van der Waals surface area (Å²) in [4.78, 5) is 0. The molecule has 5 nitrogen and oxygen atoms in total. The van der Waals surface area contributed by atoms with Gasteiger partial charge in [0.1, 0.15) is 0 Å². The van der Waals surface area contributed by atoms with E-state index in [1.54, 1.807) is 0 Å². The Morgan fingerprint density at radius 3 is 2.00 bits per heavy atom. The molecule has 1 N–H and O–H groups in total. The summed E-state index contributed by atoms with van der Waals surface area (Å²) >= 11 is 0. The number of aryl methyl sites for hydroxylation is 1. The van der Waals surface area contributed by atoms with Gasteiger partial charge in [-0.2, -0.15) is 0 Å². The highest BCUT2D eigenvalue weighted by molar-refractivity contribution is 5.50. The van der Waals surface area contributed by atoms with E-state index in [4.69, 9.17) is 24.1 Å². The van der Waals surface area contributed by atoms with E-state index >= 15 is 0 Å². The van der Waals surface area contributed by atoms with Gasteiger partial charge in [0.25, 0.3) is 0 Å². The van der Waals surface area contributed by atoms with Crippen molar-refractivity contribution in [2.24, 2.45) is 0 Å². The van der Waals surface area contributed by atoms with Crippen molar-refractivity contribution < 1.29 is 24.1 Å². The predicted molar refractivity (Wildman–Crippen MR) is 95.2 cm³/mol. The number of hydrogen-bond donors (Lipinski definition) is 1. The van der Waals surface area contributed by atoms with Gasteiger partial charge in [0, 0.05) is 0 Å². The zero-order chi connectivity index (χ0) is 17.5. The number of rotatable bonds is 14. The molecule has 0 amide bonds. The molecule has 0 radical (unpaired) electrons. The third kappa shape index (κ3) is 11.3. The molecular weight excluding hydrogens is 308 g/mol. The molecule has 0 bridgehead atoms. The van der Waals surface area contributed by atoms with Crippen molar-refractivity contribution >= 4 is 6.08 Å². The zero-order valence-electron chi connectivity index (χ0n) is 14.8. The summed E-state index contributed by atoms with van der Waals surface area (Å²) in [6.45, 7) is 7.68. The number of ether oxygens (including phenoxy) is 4. The van der Waals surface area contributed by atoms with Gasteiger partial charge in [-0.1, -0.05) is 42.0 Å². The highest BCUT2D eigenvalue weighted by Gasteiger charge is 1.97. The molecule has 1 aromatic carbocycles. The molecule has 0 aliphatic carbocycles. The molecule has 136 valence electrons. The molecule has 0 heterocycles. The molecule has 1 atom stereocenters. The molecule has 0 aliphatic rings. The zero-order valence-corrected chi connectivity index (χ0v) is 14.8. The molecule has 0 aromatic heterocycles. The maximum absolute atomic E-state index is 8.53. The van der Waals surface area contributed by atoms with Crippen LogP contribution in [0.3, 0.4) is 0 Å². The Labute approximate surface area is 145 Å². The van der Waals surface area contributed by atoms with Crippen molar-refractivity contribution in [3.05, 3.63) is 41.5 Å². The highest BCUT2D eigenvalue weighted by Crippen LogP contribution is 2.06. The average molecular weight is 338 g/mol. The van der Waals surface area contributed by atoms with Gasteiger partial charge < -0.3 is 24.1 Å². The molecule has 0 saturated heterocycles. The Kier molecular flexibility index (Phi) is 12.3. The van der Waals surface area contributed by atoms with Crippen LogP contribution >= 0.6 is 0 Å². The Morgan fingerprint density at radius 2 is 1.42 bits per heavy atom. The Balaban J connectivity index is 1.94. The Bertz CT molecular complexity index is 430. The van der Waals surface area contributed by atoms with Gasteiger partial charge in [0.15, 0.2) is 0 Å². The summed E-state index contributed by atoms with van der Waals surface area (Å²) in [5.41, 5.74) is 2.43. The maximum atomic E-state index is 8.53. The van der Waals surface area contributed by atoms with Crippen LogP contribution in [0, 0.1) is 6.92 Å². The molecule has 24 heavy (non-hydrogen) atoms. The topological polar surface area (TPSA) is 57.2 Å². The summed E-state index contributed by atoms with van der Waals surface area (Å²) in [6.07, 6.45) is 4.16. The third-order valence-electron chi connectivity index (χ3n) is 3.23. The van der Waals surface area contributed by atoms with Crippen LogP contribution < -0.4 is 0 Å². The minimum Gasteiger partial charge on any atom is -0.394 e. The van der Waals surface area contributed by atoms with Gasteiger partial charge in [-0.3, -0.25) is 0 Å². The van der Waals surface area contributed by atoms with Gasteiger partial charge in [-0.25, -0.2) is 0 Å². The first-order chi connectivity index (χ1) is 11.7. The van der Waals surface area contributed by atoms with Crippen molar-refractivity contribution in [2.75, 3.05) is 52.9 Å². The first-order valence-corrected chi connectivity index (χ1v) is 8.43. The summed E-state index contributed by atoms with van der Waals surface area (Å²) < 4.78 is 21.5. The molecular formula is C19H30O5. The van der Waals surface area contributed by atoms with E-state index in [9.17, 15) is 0 Å². The average Bonchev–Trinajstić information content (AvgIpc) is 2.59. The van der Waals surface area contributed by atoms with Crippen LogP contribution in [0.4, 0.5) is 0 Å². The lowest BCUT2D eigenvalue weighted by Crippen LogP contribution is -2.14. The van der Waals surface area contributed by atoms with E-state index in [-0.39, 0.29) is 12.7 Å². The highest BCUT2D eigenvalue weighted by atomic mass is 16.6. The maximum Gasteiger partial charge on any atom is 0.0732 e. The number of benzene rings is 1. The van der Waals surface area contributed by atoms with Crippen molar-refractivity contribution in [3.8, 4) is 0 Å². The molecule has 0 saturated carbocycles. The van der Waals surface area contributed by atoms with Crippen LogP contribution in [-0.2, 0) is 18.9 Å². The minimum atomic E-state index is 0.0434. The third-order valence-corrected chi connectivity index (χ3v) is 3.23. The second-order valence-corrected chi connectivity index (χ2v) is 5.41. The van der Waals surface area contributed by atoms with Gasteiger partial charge in [-0.15, -0.1) is 0 Å². The fourth-order valence-corrected chi connectivity index (χ4v) is 1.88. The van der Waals surface area contributed by atoms with E-state index in [2.05, 4.69) is 37.3 Å². The molecule has 0 aliphatic heterocycles. The first-order valence-electron chi connectivity index (χ1n) is 8.43. The van der Waals surface area contributed by atoms with Gasteiger partial charge >= 0.3 is 0 Å². The molecule has 1 rings (SSSR count). The molecule has 0 fully saturated rings. The van der Waals surface area contributed by atoms with Crippen LogP contribution in [0.15, 0.2) is 30.3 Å². The fraction of sp³-hybridized carbons (Fsp3) is 0.579. The van der Waals surface area contributed by atoms with E-state index in [1.165, 1.54) is 11.1 Å². The second-order valence-electron chi connectivity index (χ2n) is 5.41. The van der Waals surface area contributed by atoms with Crippen molar-refractivity contribution in [3.63, 3.8) is 0 Å². The van der Waals surface area contributed by atoms with E-state index in [1.807, 2.05) is 13.0 Å². The largest absolute Gasteiger partial charge is 0.394 e. The van der Waals surface area contributed by atoms with Crippen LogP contribution in [0.1, 0.15) is 18.1 Å². The molecule has 5 heteroatoms. The van der Waals surface area contributed by atoms with Crippen LogP contribution in [-0.4, -0.2) is 64.1 Å². The first kappa shape index (κ1) is 20.8. The van der Waals surface area contributed by atoms with E-state index in [0.717, 1.165) is 0 Å². The van der Waals surface area contributed by atoms with Crippen molar-refractivity contribution in [1.82, 2.24) is 0 Å². The second kappa shape index (κ2) is 14.1. The molecule has 1 aromatic rings. The van der Waals surface area contributed by atoms with Crippen molar-refractivity contribution in [1.29, 1.82) is 0 Å². The smallest absolute Gasteiger partial charge is 0.0732 e. The minimum absolute atomic E-state index is 0.0434. The van der Waals surface area contributed by atoms with Gasteiger partial charge in [0.05, 0.1) is 59.0 Å². The quantitative estimate of drug-likeness (QED) is 0.528. The fourth-order valence-electron chi connectivity index (χ4n) is 1.88. The van der Waals surface area contributed by atoms with E-state index in [0.29, 0.717) is 46.2 Å². The Hall–Kier alpha value is -1.24. The van der Waals surface area contributed by atoms with E-state index < -0.39 is 0 Å². The Morgan fingerprint density at radius 1 is 0.875 bits per heavy atom. The predicted octanol–water partition coefficient (Wildman–Crippen LogP) is 2.46. The standard InChI is InChI=1S/C19H30O5/c1-17-3-6-19(7-4-17)8-5-18(2)24-16-15-23-14-13-22-12-11-21-10-9-20/h3-8,18,20H,9-16H2,1-2H3. The summed E-state index contributed by atoms with van der Waals surface area (Å²) in [5.74, 6) is 0. The normalized spacial score (nSPS) is 12.8. The molecule has 1 unspecified atom stereocenters. The lowest BCUT2D eigenvalue weighted by molar-refractivity contribution is -0.0105. The van der Waals surface area contributed by atoms with Crippen molar-refractivity contribution in [2.45, 2.75) is 20.0 Å². The molecule has 0 spiro atoms. The van der Waals surface area contributed by atoms with Crippen LogP contribution in [0.25, 0.3) is 6.08 Å². The van der Waals surface area contributed by atoms with Gasteiger partial charge in [-0.05, 0) is 19.4 Å². The summed E-state index contributed by atoms with van der Waals surface area (Å²) in [7, 11) is 0. The lowest BCUT2D eigenvalue weighted by atomic mass is 10.1. The van der Waals surface area contributed by atoms with Gasteiger partial charge in [0.2, 0.25) is 0 Å².